The van der Waals surface area contributed by atoms with E-state index in [4.69, 9.17) is 39.3 Å². The summed E-state index contributed by atoms with van der Waals surface area (Å²) in [6.45, 7) is 89.7. The van der Waals surface area contributed by atoms with E-state index < -0.39 is 5.97 Å². The maximum absolute atomic E-state index is 11.2. The molecule has 0 N–H and O–H groups in total. The molecule has 0 aliphatic carbocycles. The molecule has 15 nitrogen and oxygen atoms in total. The summed E-state index contributed by atoms with van der Waals surface area (Å²) < 4.78 is 31.9. The van der Waals surface area contributed by atoms with Gasteiger partial charge in [-0.05, 0) is 142 Å². The third-order valence-electron chi connectivity index (χ3n) is 20.0. The van der Waals surface area contributed by atoms with Crippen molar-refractivity contribution in [2.24, 2.45) is 0 Å². The van der Waals surface area contributed by atoms with Gasteiger partial charge in [0.05, 0.1) is 63.3 Å². The summed E-state index contributed by atoms with van der Waals surface area (Å²) in [6.07, 6.45) is 3.87. The van der Waals surface area contributed by atoms with Crippen LogP contribution in [0.2, 0.25) is 5.02 Å². The summed E-state index contributed by atoms with van der Waals surface area (Å²) in [5.74, 6) is 4.68. The third-order valence-corrected chi connectivity index (χ3v) is 27.9. The first-order chi connectivity index (χ1) is 60.7. The zero-order valence-corrected chi connectivity index (χ0v) is 92.6. The monoisotopic (exact) mass is 1910 g/mol. The van der Waals surface area contributed by atoms with Crippen LogP contribution in [0.15, 0.2) is 159 Å². The van der Waals surface area contributed by atoms with E-state index in [0.29, 0.717) is 12.4 Å². The summed E-state index contributed by atoms with van der Waals surface area (Å²) >= 11 is 14.9. The summed E-state index contributed by atoms with van der Waals surface area (Å²) in [4.78, 5) is 43.5. The minimum absolute atomic E-state index is 0.0139. The zero-order chi connectivity index (χ0) is 99.8. The van der Waals surface area contributed by atoms with Crippen LogP contribution in [0.4, 0.5) is 0 Å². The van der Waals surface area contributed by atoms with Crippen molar-refractivity contribution in [3.8, 4) is 43.9 Å². The van der Waals surface area contributed by atoms with Crippen LogP contribution >= 0.6 is 68.3 Å². The average Bonchev–Trinajstić information content (AvgIpc) is 1.65. The Morgan fingerprint density at radius 1 is 0.424 bits per heavy atom. The number of rotatable bonds is 6. The summed E-state index contributed by atoms with van der Waals surface area (Å²) in [7, 11) is 0. The van der Waals surface area contributed by atoms with E-state index in [2.05, 4.69) is 337 Å². The Balaban J connectivity index is 0.000000261. The number of thiazole rings is 5. The number of fused-ring (bicyclic) bond motifs is 1. The maximum atomic E-state index is 11.2. The Morgan fingerprint density at radius 2 is 0.894 bits per heavy atom. The molecule has 720 valence electrons. The predicted octanol–water partition coefficient (Wildman–Crippen LogP) is 33.4. The highest BCUT2D eigenvalue weighted by molar-refractivity contribution is 7.15. The van der Waals surface area contributed by atoms with Crippen LogP contribution in [-0.2, 0) is 65.3 Å². The Bertz CT molecular complexity index is 5580. The van der Waals surface area contributed by atoms with Crippen molar-refractivity contribution in [1.82, 2.24) is 40.2 Å². The van der Waals surface area contributed by atoms with Crippen molar-refractivity contribution >= 4 is 74.3 Å². The molecular weight excluding hydrogens is 1750 g/mol. The lowest BCUT2D eigenvalue weighted by atomic mass is 9.84. The summed E-state index contributed by atoms with van der Waals surface area (Å²) in [6, 6.07) is 44.8. The second kappa shape index (κ2) is 48.6. The van der Waals surface area contributed by atoms with Gasteiger partial charge in [-0.2, -0.15) is 0 Å². The molecule has 21 heteroatoms. The van der Waals surface area contributed by atoms with Crippen LogP contribution in [0.1, 0.15) is 347 Å². The number of nitrogens with zero attached hydrogens (tertiary/aromatic N) is 8. The molecule has 0 spiro atoms. The normalized spacial score (nSPS) is 12.3. The van der Waals surface area contributed by atoms with Gasteiger partial charge in [0.25, 0.3) is 0 Å². The first-order valence-corrected chi connectivity index (χ1v) is 50.4. The molecule has 0 fully saturated rings. The van der Waals surface area contributed by atoms with Gasteiger partial charge in [-0.25, -0.2) is 34.7 Å². The molecule has 0 unspecified atom stereocenters. The van der Waals surface area contributed by atoms with Crippen LogP contribution in [0.3, 0.4) is 0 Å². The number of halogens is 1. The molecular formula is C111H157ClN8O7S5. The van der Waals surface area contributed by atoms with Crippen LogP contribution in [-0.4, -0.2) is 66.0 Å². The highest BCUT2D eigenvalue weighted by atomic mass is 35.5. The molecule has 0 bridgehead atoms. The van der Waals surface area contributed by atoms with Gasteiger partial charge in [0.2, 0.25) is 0 Å². The third kappa shape index (κ3) is 37.1. The van der Waals surface area contributed by atoms with Crippen molar-refractivity contribution < 1.29 is 32.5 Å². The minimum atomic E-state index is -0.438. The van der Waals surface area contributed by atoms with Gasteiger partial charge in [0, 0.05) is 99.9 Å². The van der Waals surface area contributed by atoms with Crippen molar-refractivity contribution in [3.05, 3.63) is 264 Å². The molecule has 1 aliphatic rings. The van der Waals surface area contributed by atoms with E-state index in [9.17, 15) is 4.79 Å². The Labute approximate surface area is 819 Å². The Hall–Kier alpha value is -8.76. The number of oxazole rings is 1. The van der Waals surface area contributed by atoms with E-state index in [0.717, 1.165) is 104 Å². The standard InChI is InChI=1S/C14H16ClNS.C14H17NS.C13H15NO.C13H18O2.C12H18.C10H15NO3.C10H17NS.C9H15NO.C9H15NS.C7H11NS/c1-9-12(14(2,3)4)17-13(16-9)10-5-7-11(15)8-6-10;1-10-12(14(2,3)4)16-13(15-10)11-8-6-5-7-9-11;1-13(2,3)12-9-11(14-15-12)10-7-5-4-6-8-10;1-13(2,3)10-5-6-11-12(9-10)15-8-4-7-14-11;1-9-6-7-11(10(2)8-9)12(3,4)5;1-5-13-9(12)7-6-8(14-11-7)10(2,3)4;1-6-8-11-7(2)9(12-8)10(3,4)5;2*1-6-8(9(3,4)5)11-7(2)10-6;1-7(2,3)6-8-4-5-9-6/h5-8H,1-4H3;5-9H,1-4H3;4-9H,1-3H3;5-6,9H,4,7-8H2,1-3H3;6-8H,1-5H3;6H,5H2,1-4H3;6H2,1-5H3;2*1-5H3;4-5H,1-3H3. The molecule has 0 radical (unpaired) electrons. The molecule has 13 aromatic rings. The van der Waals surface area contributed by atoms with Gasteiger partial charge >= 0.3 is 5.97 Å². The molecule has 9 heterocycles. The number of ether oxygens (including phenoxy) is 3. The lowest BCUT2D eigenvalue weighted by Crippen LogP contribution is -2.12. The molecule has 1 aliphatic heterocycles. The van der Waals surface area contributed by atoms with Gasteiger partial charge in [0.1, 0.15) is 33.0 Å². The molecule has 0 saturated heterocycles. The predicted molar refractivity (Wildman–Crippen MR) is 565 cm³/mol. The number of hydrogen-bond acceptors (Lipinski definition) is 20. The Kier molecular flexibility index (Phi) is 41.9. The number of hydrogen-bond donors (Lipinski definition) is 0. The number of benzene rings is 5. The van der Waals surface area contributed by atoms with Crippen molar-refractivity contribution in [2.75, 3.05) is 19.8 Å². The van der Waals surface area contributed by atoms with Gasteiger partial charge in [-0.1, -0.05) is 339 Å². The van der Waals surface area contributed by atoms with Gasteiger partial charge < -0.3 is 27.7 Å². The van der Waals surface area contributed by atoms with Crippen molar-refractivity contribution in [1.29, 1.82) is 0 Å². The largest absolute Gasteiger partial charge is 0.490 e. The van der Waals surface area contributed by atoms with E-state index in [1.807, 2.05) is 153 Å². The fourth-order valence-corrected chi connectivity index (χ4v) is 18.7. The summed E-state index contributed by atoms with van der Waals surface area (Å²) in [5.41, 5.74) is 17.3. The molecule has 14 rings (SSSR count). The number of carbonyl (C=O) groups excluding carboxylic acids is 1. The molecule has 8 aromatic heterocycles. The second-order valence-corrected chi connectivity index (χ2v) is 49.1. The van der Waals surface area contributed by atoms with Gasteiger partial charge in [-0.15, -0.1) is 56.7 Å². The highest BCUT2D eigenvalue weighted by Gasteiger charge is 2.29. The number of aromatic nitrogens is 8. The quantitative estimate of drug-likeness (QED) is 0.143. The lowest BCUT2D eigenvalue weighted by molar-refractivity contribution is 0.0514. The topological polar surface area (TPSA) is 187 Å². The number of esters is 1. The zero-order valence-electron chi connectivity index (χ0n) is 87.7. The second-order valence-electron chi connectivity index (χ2n) is 43.5. The smallest absolute Gasteiger partial charge is 0.360 e. The SMILES string of the molecule is CC(C)(C)c1cc(-c2ccccc2)no1.CC(C)(C)c1ccc2c(c1)OCCCO2.CC(C)(C)c1nccs1.CCOC(=O)c1cc(C(C)(C)C)on1.CCc1nc(C)c(C(C)(C)C)s1.Cc1ccc(C(C)(C)C)c(C)c1.Cc1nc(-c2ccc(Cl)cc2)sc1C(C)(C)C.Cc1nc(-c2ccccc2)sc1C(C)(C)C.Cc1nc(C)c(C(C)(C)C)o1.Cc1nc(C)c(C(C)(C)C)s1. The van der Waals surface area contributed by atoms with Gasteiger partial charge in [-0.3, -0.25) is 0 Å². The average molecular weight is 1910 g/mol. The highest BCUT2D eigenvalue weighted by Crippen LogP contribution is 2.41. The van der Waals surface area contributed by atoms with Crippen LogP contribution in [0, 0.1) is 62.3 Å². The van der Waals surface area contributed by atoms with Crippen LogP contribution in [0.25, 0.3) is 32.4 Å². The first kappa shape index (κ1) is 114. The molecule has 0 atom stereocenters. The van der Waals surface area contributed by atoms with Crippen molar-refractivity contribution in [2.45, 2.75) is 351 Å². The fraction of sp³-hybridized carbons (Fsp3) is 0.505. The fourth-order valence-electron chi connectivity index (χ4n) is 13.5. The maximum Gasteiger partial charge on any atom is 0.360 e. The van der Waals surface area contributed by atoms with E-state index in [1.165, 1.54) is 73.7 Å². The molecule has 0 saturated carbocycles. The Morgan fingerprint density at radius 3 is 1.26 bits per heavy atom. The van der Waals surface area contributed by atoms with E-state index in [1.54, 1.807) is 35.7 Å². The van der Waals surface area contributed by atoms with E-state index >= 15 is 0 Å². The van der Waals surface area contributed by atoms with Crippen LogP contribution in [0.5, 0.6) is 11.5 Å². The minimum Gasteiger partial charge on any atom is -0.490 e. The molecule has 5 aromatic carbocycles. The van der Waals surface area contributed by atoms with Crippen molar-refractivity contribution in [3.63, 3.8) is 0 Å². The molecule has 0 amide bonds. The summed E-state index contributed by atoms with van der Waals surface area (Å²) in [5, 5.41) is 16.4. The number of carbonyl (C=O) groups is 1. The first-order valence-electron chi connectivity index (χ1n) is 45.9. The molecule has 132 heavy (non-hydrogen) atoms. The van der Waals surface area contributed by atoms with E-state index in [-0.39, 0.29) is 59.8 Å². The lowest BCUT2D eigenvalue weighted by Gasteiger charge is -2.21. The number of aryl methyl sites for hydroxylation is 10. The van der Waals surface area contributed by atoms with Gasteiger partial charge in [0.15, 0.2) is 23.1 Å². The van der Waals surface area contributed by atoms with Crippen LogP contribution < -0.4 is 9.47 Å².